The van der Waals surface area contributed by atoms with Crippen molar-refractivity contribution in [3.05, 3.63) is 10.8 Å². The van der Waals surface area contributed by atoms with Crippen LogP contribution in [0.5, 0.6) is 0 Å². The summed E-state index contributed by atoms with van der Waals surface area (Å²) in [4.78, 5) is 0.0878. The first-order chi connectivity index (χ1) is 6.89. The molecule has 2 aromatic heterocycles. The van der Waals surface area contributed by atoms with Gasteiger partial charge in [0.15, 0.2) is 0 Å². The molecular weight excluding hydrogens is 253 g/mol. The largest absolute Gasteiger partial charge is 0.453 e. The van der Waals surface area contributed by atoms with Crippen molar-refractivity contribution in [2.24, 2.45) is 0 Å². The maximum Gasteiger partial charge on any atom is 0.453 e. The predicted octanol–water partition coefficient (Wildman–Crippen LogP) is 2.50. The molecule has 0 fully saturated rings. The van der Waals surface area contributed by atoms with Crippen LogP contribution in [0.3, 0.4) is 0 Å². The first kappa shape index (κ1) is 10.6. The van der Waals surface area contributed by atoms with E-state index < -0.39 is 17.4 Å². The fourth-order valence-electron chi connectivity index (χ4n) is 0.969. The minimum Gasteiger partial charge on any atom is -0.178 e. The number of halogens is 4. The van der Waals surface area contributed by atoms with Gasteiger partial charge in [-0.3, -0.25) is 0 Å². The lowest BCUT2D eigenvalue weighted by Gasteiger charge is -2.00. The van der Waals surface area contributed by atoms with E-state index in [2.05, 4.69) is 15.3 Å². The second-order valence-corrected chi connectivity index (χ2v) is 4.41. The molecule has 0 aromatic carbocycles. The number of hydrogen-bond acceptors (Lipinski definition) is 4. The van der Waals surface area contributed by atoms with Gasteiger partial charge in [0.1, 0.15) is 5.01 Å². The van der Waals surface area contributed by atoms with Crippen LogP contribution in [0.1, 0.15) is 23.1 Å². The SMILES string of the molecule is CC(Cl)c1nn2c(C(F)(F)F)nnc2s1. The molecule has 2 aromatic rings. The predicted molar refractivity (Wildman–Crippen MR) is 47.9 cm³/mol. The van der Waals surface area contributed by atoms with E-state index in [-0.39, 0.29) is 4.96 Å². The second kappa shape index (κ2) is 3.31. The van der Waals surface area contributed by atoms with Crippen molar-refractivity contribution in [1.29, 1.82) is 0 Å². The fourth-order valence-corrected chi connectivity index (χ4v) is 1.91. The Morgan fingerprint density at radius 3 is 2.60 bits per heavy atom. The van der Waals surface area contributed by atoms with E-state index in [4.69, 9.17) is 11.6 Å². The van der Waals surface area contributed by atoms with Gasteiger partial charge in [0, 0.05) is 0 Å². The van der Waals surface area contributed by atoms with E-state index >= 15 is 0 Å². The first-order valence-corrected chi connectivity index (χ1v) is 5.08. The van der Waals surface area contributed by atoms with Gasteiger partial charge in [0.05, 0.1) is 5.38 Å². The maximum absolute atomic E-state index is 12.4. The zero-order chi connectivity index (χ0) is 11.2. The summed E-state index contributed by atoms with van der Waals surface area (Å²) in [6, 6.07) is 0. The summed E-state index contributed by atoms with van der Waals surface area (Å²) in [6.07, 6.45) is -4.56. The van der Waals surface area contributed by atoms with Gasteiger partial charge < -0.3 is 0 Å². The highest BCUT2D eigenvalue weighted by molar-refractivity contribution is 7.16. The van der Waals surface area contributed by atoms with Gasteiger partial charge in [-0.15, -0.1) is 21.8 Å². The summed E-state index contributed by atoms with van der Waals surface area (Å²) in [5, 5.41) is 10.0. The molecule has 0 aliphatic rings. The molecule has 2 rings (SSSR count). The lowest BCUT2D eigenvalue weighted by Crippen LogP contribution is -2.11. The number of nitrogens with zero attached hydrogens (tertiary/aromatic N) is 4. The molecule has 0 N–H and O–H groups in total. The van der Waals surface area contributed by atoms with Gasteiger partial charge in [0.25, 0.3) is 5.82 Å². The zero-order valence-corrected chi connectivity index (χ0v) is 8.86. The van der Waals surface area contributed by atoms with Crippen molar-refractivity contribution in [2.45, 2.75) is 18.5 Å². The fraction of sp³-hybridized carbons (Fsp3) is 0.500. The topological polar surface area (TPSA) is 43.1 Å². The van der Waals surface area contributed by atoms with Gasteiger partial charge in [-0.2, -0.15) is 22.8 Å². The monoisotopic (exact) mass is 256 g/mol. The average molecular weight is 257 g/mol. The van der Waals surface area contributed by atoms with Crippen molar-refractivity contribution >= 4 is 27.9 Å². The Hall–Kier alpha value is -0.890. The van der Waals surface area contributed by atoms with Crippen molar-refractivity contribution in [3.63, 3.8) is 0 Å². The van der Waals surface area contributed by atoms with Crippen molar-refractivity contribution in [2.75, 3.05) is 0 Å². The Balaban J connectivity index is 2.59. The number of fused-ring (bicyclic) bond motifs is 1. The zero-order valence-electron chi connectivity index (χ0n) is 7.29. The first-order valence-electron chi connectivity index (χ1n) is 3.83. The van der Waals surface area contributed by atoms with Gasteiger partial charge in [0.2, 0.25) is 4.96 Å². The highest BCUT2D eigenvalue weighted by atomic mass is 35.5. The summed E-state index contributed by atoms with van der Waals surface area (Å²) in [5.41, 5.74) is 0. The Morgan fingerprint density at radius 2 is 2.07 bits per heavy atom. The third-order valence-electron chi connectivity index (χ3n) is 1.60. The van der Waals surface area contributed by atoms with Crippen LogP contribution in [0.25, 0.3) is 4.96 Å². The van der Waals surface area contributed by atoms with Crippen molar-refractivity contribution in [3.8, 4) is 0 Å². The van der Waals surface area contributed by atoms with Crippen LogP contribution in [0.4, 0.5) is 13.2 Å². The molecule has 0 saturated heterocycles. The molecule has 1 unspecified atom stereocenters. The quantitative estimate of drug-likeness (QED) is 0.737. The molecule has 0 aliphatic heterocycles. The van der Waals surface area contributed by atoms with Crippen LogP contribution < -0.4 is 0 Å². The molecule has 0 saturated carbocycles. The van der Waals surface area contributed by atoms with Crippen LogP contribution >= 0.6 is 22.9 Å². The summed E-state index contributed by atoms with van der Waals surface area (Å²) in [7, 11) is 0. The van der Waals surface area contributed by atoms with E-state index in [1.807, 2.05) is 0 Å². The van der Waals surface area contributed by atoms with Crippen LogP contribution in [-0.4, -0.2) is 19.8 Å². The lowest BCUT2D eigenvalue weighted by atomic mass is 10.5. The molecule has 82 valence electrons. The normalized spacial score (nSPS) is 14.7. The third-order valence-corrected chi connectivity index (χ3v) is 3.02. The molecule has 0 radical (unpaired) electrons. The minimum atomic E-state index is -4.56. The molecule has 0 bridgehead atoms. The summed E-state index contributed by atoms with van der Waals surface area (Å²) >= 11 is 6.69. The third kappa shape index (κ3) is 1.78. The van der Waals surface area contributed by atoms with E-state index in [9.17, 15) is 13.2 Å². The Bertz CT molecular complexity index is 488. The standard InChI is InChI=1S/C6H4ClF3N4S/c1-2(7)3-13-14-4(6(8,9)10)11-12-5(14)15-3/h2H,1H3. The molecule has 1 atom stereocenters. The van der Waals surface area contributed by atoms with E-state index in [1.54, 1.807) is 6.92 Å². The second-order valence-electron chi connectivity index (χ2n) is 2.77. The molecule has 0 amide bonds. The Morgan fingerprint density at radius 1 is 1.40 bits per heavy atom. The molecule has 9 heteroatoms. The van der Waals surface area contributed by atoms with Crippen molar-refractivity contribution < 1.29 is 13.2 Å². The van der Waals surface area contributed by atoms with Gasteiger partial charge in [-0.1, -0.05) is 11.3 Å². The van der Waals surface area contributed by atoms with Crippen LogP contribution in [-0.2, 0) is 6.18 Å². The summed E-state index contributed by atoms with van der Waals surface area (Å²) in [6.45, 7) is 1.63. The molecule has 15 heavy (non-hydrogen) atoms. The lowest BCUT2D eigenvalue weighted by molar-refractivity contribution is -0.146. The average Bonchev–Trinajstić information content (AvgIpc) is 2.56. The van der Waals surface area contributed by atoms with Gasteiger partial charge in [-0.25, -0.2) is 0 Å². The highest BCUT2D eigenvalue weighted by Gasteiger charge is 2.38. The maximum atomic E-state index is 12.4. The van der Waals surface area contributed by atoms with Gasteiger partial charge in [-0.05, 0) is 6.92 Å². The molecule has 0 aliphatic carbocycles. The Labute approximate surface area is 90.7 Å². The Kier molecular flexibility index (Phi) is 2.34. The molecule has 0 spiro atoms. The number of aromatic nitrogens is 4. The van der Waals surface area contributed by atoms with E-state index in [1.165, 1.54) is 0 Å². The molecule has 4 nitrogen and oxygen atoms in total. The summed E-state index contributed by atoms with van der Waals surface area (Å²) in [5.74, 6) is -1.13. The van der Waals surface area contributed by atoms with E-state index in [0.29, 0.717) is 9.52 Å². The van der Waals surface area contributed by atoms with Crippen LogP contribution in [0.15, 0.2) is 0 Å². The smallest absolute Gasteiger partial charge is 0.178 e. The van der Waals surface area contributed by atoms with Crippen LogP contribution in [0.2, 0.25) is 0 Å². The number of rotatable bonds is 1. The van der Waals surface area contributed by atoms with E-state index in [0.717, 1.165) is 11.3 Å². The van der Waals surface area contributed by atoms with Crippen LogP contribution in [0, 0.1) is 0 Å². The van der Waals surface area contributed by atoms with Crippen molar-refractivity contribution in [1.82, 2.24) is 19.8 Å². The highest BCUT2D eigenvalue weighted by Crippen LogP contribution is 2.31. The summed E-state index contributed by atoms with van der Waals surface area (Å²) < 4.78 is 37.8. The number of hydrogen-bond donors (Lipinski definition) is 0. The number of alkyl halides is 4. The van der Waals surface area contributed by atoms with Gasteiger partial charge >= 0.3 is 6.18 Å². The minimum absolute atomic E-state index is 0.0878. The molecule has 2 heterocycles. The molecular formula is C6H4ClF3N4S.